The number of aromatic nitrogens is 1. The molecule has 2 aliphatic rings. The first-order chi connectivity index (χ1) is 8.34. The van der Waals surface area contributed by atoms with E-state index in [1.54, 1.807) is 0 Å². The Morgan fingerprint density at radius 1 is 1.35 bits per heavy atom. The Morgan fingerprint density at radius 3 is 2.88 bits per heavy atom. The molecule has 0 radical (unpaired) electrons. The van der Waals surface area contributed by atoms with Gasteiger partial charge in [-0.05, 0) is 38.6 Å². The van der Waals surface area contributed by atoms with E-state index in [1.165, 1.54) is 34.8 Å². The van der Waals surface area contributed by atoms with Gasteiger partial charge in [0, 0.05) is 18.1 Å². The zero-order valence-electron chi connectivity index (χ0n) is 10.4. The summed E-state index contributed by atoms with van der Waals surface area (Å²) in [6.45, 7) is 4.90. The number of hydrogen-bond acceptors (Lipinski definition) is 4. The molecule has 0 spiro atoms. The van der Waals surface area contributed by atoms with Crippen LogP contribution in [-0.2, 0) is 23.1 Å². The summed E-state index contributed by atoms with van der Waals surface area (Å²) in [5.74, 6) is 0. The smallest absolute Gasteiger partial charge is 0.113 e. The van der Waals surface area contributed by atoms with E-state index >= 15 is 0 Å². The Hall–Kier alpha value is -0.450. The van der Waals surface area contributed by atoms with Gasteiger partial charge < -0.3 is 10.1 Å². The van der Waals surface area contributed by atoms with Crippen molar-refractivity contribution in [1.82, 2.24) is 10.3 Å². The minimum Gasteiger partial charge on any atom is -0.381 e. The highest BCUT2D eigenvalue weighted by Gasteiger charge is 2.37. The monoisotopic (exact) mass is 252 g/mol. The maximum Gasteiger partial charge on any atom is 0.113 e. The number of fused-ring (bicyclic) bond motifs is 1. The van der Waals surface area contributed by atoms with Crippen LogP contribution in [0.3, 0.4) is 0 Å². The van der Waals surface area contributed by atoms with E-state index in [2.05, 4.69) is 12.2 Å². The first-order valence-corrected chi connectivity index (χ1v) is 7.47. The van der Waals surface area contributed by atoms with Gasteiger partial charge >= 0.3 is 0 Å². The van der Waals surface area contributed by atoms with Crippen molar-refractivity contribution in [3.8, 4) is 0 Å². The minimum absolute atomic E-state index is 0.0992. The van der Waals surface area contributed by atoms with Gasteiger partial charge in [-0.3, -0.25) is 0 Å². The van der Waals surface area contributed by atoms with Crippen LogP contribution in [0.15, 0.2) is 0 Å². The average molecular weight is 252 g/mol. The van der Waals surface area contributed by atoms with E-state index in [-0.39, 0.29) is 5.54 Å². The molecule has 3 rings (SSSR count). The quantitative estimate of drug-likeness (QED) is 0.896. The predicted molar refractivity (Wildman–Crippen MR) is 69.5 cm³/mol. The lowest BCUT2D eigenvalue weighted by molar-refractivity contribution is 0.0372. The topological polar surface area (TPSA) is 34.2 Å². The third-order valence-corrected chi connectivity index (χ3v) is 5.23. The van der Waals surface area contributed by atoms with Gasteiger partial charge in [0.15, 0.2) is 0 Å². The maximum absolute atomic E-state index is 5.51. The molecular formula is C13H20N2OS. The summed E-state index contributed by atoms with van der Waals surface area (Å²) >= 11 is 1.94. The van der Waals surface area contributed by atoms with Gasteiger partial charge in [0.1, 0.15) is 5.01 Å². The van der Waals surface area contributed by atoms with E-state index in [0.29, 0.717) is 0 Å². The fraction of sp³-hybridized carbons (Fsp3) is 0.769. The Kier molecular flexibility index (Phi) is 3.19. The van der Waals surface area contributed by atoms with Crippen LogP contribution in [0.5, 0.6) is 0 Å². The summed E-state index contributed by atoms with van der Waals surface area (Å²) in [7, 11) is 0. The largest absolute Gasteiger partial charge is 0.381 e. The van der Waals surface area contributed by atoms with E-state index in [1.807, 2.05) is 11.3 Å². The highest BCUT2D eigenvalue weighted by atomic mass is 32.1. The molecule has 1 fully saturated rings. The van der Waals surface area contributed by atoms with Crippen molar-refractivity contribution in [3.63, 3.8) is 0 Å². The maximum atomic E-state index is 5.51. The third-order valence-electron chi connectivity index (χ3n) is 3.87. The number of nitrogens with zero attached hydrogens (tertiary/aromatic N) is 1. The van der Waals surface area contributed by atoms with Crippen molar-refractivity contribution >= 4 is 11.3 Å². The first kappa shape index (κ1) is 11.6. The van der Waals surface area contributed by atoms with E-state index in [4.69, 9.17) is 9.72 Å². The zero-order valence-corrected chi connectivity index (χ0v) is 11.2. The first-order valence-electron chi connectivity index (χ1n) is 6.66. The zero-order chi connectivity index (χ0) is 11.7. The molecule has 1 aliphatic heterocycles. The van der Waals surface area contributed by atoms with Gasteiger partial charge in [0.2, 0.25) is 0 Å². The van der Waals surface area contributed by atoms with Crippen LogP contribution < -0.4 is 5.32 Å². The van der Waals surface area contributed by atoms with Gasteiger partial charge in [-0.15, -0.1) is 11.3 Å². The number of aryl methyl sites for hydroxylation is 2. The Bertz CT molecular complexity index is 369. The molecule has 4 heteroatoms. The summed E-state index contributed by atoms with van der Waals surface area (Å²) in [6.07, 6.45) is 5.85. The fourth-order valence-electron chi connectivity index (χ4n) is 2.92. The molecule has 1 saturated heterocycles. The molecule has 1 aromatic rings. The second kappa shape index (κ2) is 4.67. The number of nitrogens with one attached hydrogen (secondary N) is 1. The van der Waals surface area contributed by atoms with E-state index in [0.717, 1.165) is 32.6 Å². The van der Waals surface area contributed by atoms with Crippen molar-refractivity contribution in [2.45, 2.75) is 44.6 Å². The lowest BCUT2D eigenvalue weighted by atomic mass is 9.90. The molecule has 0 bridgehead atoms. The standard InChI is InChI=1S/C13H20N2OS/c1-2-14-13(6-8-16-9-7-13)12-15-10-4-3-5-11(10)17-12/h14H,2-9H2,1H3. The van der Waals surface area contributed by atoms with Crippen LogP contribution in [0.2, 0.25) is 0 Å². The number of rotatable bonds is 3. The number of thiazole rings is 1. The summed E-state index contributed by atoms with van der Waals surface area (Å²) in [5, 5.41) is 4.98. The normalized spacial score (nSPS) is 22.6. The summed E-state index contributed by atoms with van der Waals surface area (Å²) in [5.41, 5.74) is 1.47. The summed E-state index contributed by atoms with van der Waals surface area (Å²) < 4.78 is 5.51. The Morgan fingerprint density at radius 2 is 2.18 bits per heavy atom. The molecule has 0 unspecified atom stereocenters. The Balaban J connectivity index is 1.91. The van der Waals surface area contributed by atoms with Crippen LogP contribution in [-0.4, -0.2) is 24.7 Å². The molecule has 94 valence electrons. The van der Waals surface area contributed by atoms with E-state index < -0.39 is 0 Å². The SMILES string of the molecule is CCNC1(c2nc3c(s2)CCC3)CCOCC1. The lowest BCUT2D eigenvalue weighted by Crippen LogP contribution is -2.46. The van der Waals surface area contributed by atoms with Crippen molar-refractivity contribution in [2.24, 2.45) is 0 Å². The van der Waals surface area contributed by atoms with Crippen LogP contribution in [0.4, 0.5) is 0 Å². The molecule has 0 amide bonds. The molecule has 2 heterocycles. The predicted octanol–water partition coefficient (Wildman–Crippen LogP) is 2.25. The highest BCUT2D eigenvalue weighted by molar-refractivity contribution is 7.12. The third kappa shape index (κ3) is 2.02. The van der Waals surface area contributed by atoms with Crippen molar-refractivity contribution in [3.05, 3.63) is 15.6 Å². The second-order valence-electron chi connectivity index (χ2n) is 4.97. The molecule has 17 heavy (non-hydrogen) atoms. The van der Waals surface area contributed by atoms with Gasteiger partial charge in [0.05, 0.1) is 11.2 Å². The van der Waals surface area contributed by atoms with Crippen molar-refractivity contribution in [1.29, 1.82) is 0 Å². The van der Waals surface area contributed by atoms with Gasteiger partial charge in [-0.2, -0.15) is 0 Å². The van der Waals surface area contributed by atoms with E-state index in [9.17, 15) is 0 Å². The molecule has 3 nitrogen and oxygen atoms in total. The average Bonchev–Trinajstić information content (AvgIpc) is 2.90. The molecule has 0 saturated carbocycles. The van der Waals surface area contributed by atoms with Crippen molar-refractivity contribution in [2.75, 3.05) is 19.8 Å². The number of ether oxygens (including phenoxy) is 1. The molecule has 0 aromatic carbocycles. The van der Waals surface area contributed by atoms with Gasteiger partial charge in [-0.25, -0.2) is 4.98 Å². The minimum atomic E-state index is 0.0992. The number of hydrogen-bond donors (Lipinski definition) is 1. The summed E-state index contributed by atoms with van der Waals surface area (Å²) in [6, 6.07) is 0. The van der Waals surface area contributed by atoms with Gasteiger partial charge in [-0.1, -0.05) is 6.92 Å². The highest BCUT2D eigenvalue weighted by Crippen LogP contribution is 2.38. The molecule has 1 aliphatic carbocycles. The van der Waals surface area contributed by atoms with Crippen LogP contribution in [0, 0.1) is 0 Å². The van der Waals surface area contributed by atoms with Crippen LogP contribution in [0.1, 0.15) is 41.8 Å². The fourth-order valence-corrected chi connectivity index (χ4v) is 4.29. The van der Waals surface area contributed by atoms with Crippen LogP contribution >= 0.6 is 11.3 Å². The van der Waals surface area contributed by atoms with Gasteiger partial charge in [0.25, 0.3) is 0 Å². The molecule has 1 N–H and O–H groups in total. The van der Waals surface area contributed by atoms with Crippen molar-refractivity contribution < 1.29 is 4.74 Å². The molecular weight excluding hydrogens is 232 g/mol. The second-order valence-corrected chi connectivity index (χ2v) is 6.05. The summed E-state index contributed by atoms with van der Waals surface area (Å²) in [4.78, 5) is 6.44. The Labute approximate surface area is 107 Å². The lowest BCUT2D eigenvalue weighted by Gasteiger charge is -2.36. The van der Waals surface area contributed by atoms with Crippen LogP contribution in [0.25, 0.3) is 0 Å². The molecule has 1 aromatic heterocycles. The molecule has 0 atom stereocenters.